The number of hydrogen-bond acceptors (Lipinski definition) is 4. The van der Waals surface area contributed by atoms with Crippen molar-refractivity contribution in [3.05, 3.63) is 65.2 Å². The normalized spacial score (nSPS) is 18.3. The van der Waals surface area contributed by atoms with Crippen LogP contribution in [0.25, 0.3) is 11.4 Å². The van der Waals surface area contributed by atoms with Crippen LogP contribution in [0.2, 0.25) is 0 Å². The Morgan fingerprint density at radius 1 is 0.789 bits per heavy atom. The molecule has 0 bridgehead atoms. The Kier molecular flexibility index (Phi) is 2.65. The van der Waals surface area contributed by atoms with Crippen molar-refractivity contribution in [1.29, 1.82) is 0 Å². The van der Waals surface area contributed by atoms with Gasteiger partial charge in [-0.2, -0.15) is 0 Å². The van der Waals surface area contributed by atoms with Gasteiger partial charge in [-0.05, 0) is 11.6 Å². The molecular weight excluding hydrogens is 236 g/mol. The number of nitrogens with two attached hydrogens (primary N) is 3. The zero-order valence-corrected chi connectivity index (χ0v) is 10.5. The lowest BCUT2D eigenvalue weighted by atomic mass is 9.97. The van der Waals surface area contributed by atoms with E-state index in [1.54, 1.807) is 5.01 Å². The molecule has 96 valence electrons. The lowest BCUT2D eigenvalue weighted by molar-refractivity contribution is 0.846. The van der Waals surface area contributed by atoms with Crippen LogP contribution in [-0.2, 0) is 6.54 Å². The van der Waals surface area contributed by atoms with Gasteiger partial charge in [-0.1, -0.05) is 42.5 Å². The number of hydrogen-bond donors (Lipinski definition) is 3. The number of nitrogens with zero attached hydrogens (tertiary/aromatic N) is 1. The van der Waals surface area contributed by atoms with Gasteiger partial charge in [0.15, 0.2) is 0 Å². The number of para-hydroxylation sites is 1. The van der Waals surface area contributed by atoms with Crippen LogP contribution in [-0.4, -0.2) is 0 Å². The van der Waals surface area contributed by atoms with E-state index in [0.717, 1.165) is 22.4 Å². The van der Waals surface area contributed by atoms with Crippen molar-refractivity contribution in [3.8, 4) is 0 Å². The van der Waals surface area contributed by atoms with E-state index in [1.807, 2.05) is 48.5 Å². The van der Waals surface area contributed by atoms with Crippen LogP contribution in [0.1, 0.15) is 16.7 Å². The zero-order valence-electron chi connectivity index (χ0n) is 10.5. The number of fused-ring (bicyclic) bond motifs is 2. The topological polar surface area (TPSA) is 81.3 Å². The summed E-state index contributed by atoms with van der Waals surface area (Å²) in [5.41, 5.74) is 17.4. The maximum atomic E-state index is 6.21. The average molecular weight is 252 g/mol. The van der Waals surface area contributed by atoms with Crippen molar-refractivity contribution < 1.29 is 0 Å². The summed E-state index contributed by atoms with van der Waals surface area (Å²) in [5.74, 6) is 6.15. The molecule has 0 atom stereocenters. The van der Waals surface area contributed by atoms with Crippen LogP contribution in [0, 0.1) is 0 Å². The van der Waals surface area contributed by atoms with Gasteiger partial charge in [0.05, 0.1) is 23.6 Å². The van der Waals surface area contributed by atoms with Crippen LogP contribution < -0.4 is 22.3 Å². The monoisotopic (exact) mass is 252 g/mol. The van der Waals surface area contributed by atoms with Crippen molar-refractivity contribution in [1.82, 2.24) is 0 Å². The van der Waals surface area contributed by atoms with Gasteiger partial charge in [-0.3, -0.25) is 0 Å². The summed E-state index contributed by atoms with van der Waals surface area (Å²) in [6.45, 7) is 0.598. The Labute approximate surface area is 112 Å². The molecule has 6 N–H and O–H groups in total. The van der Waals surface area contributed by atoms with Gasteiger partial charge in [0, 0.05) is 11.1 Å². The highest BCUT2D eigenvalue weighted by molar-refractivity contribution is 5.93. The predicted molar refractivity (Wildman–Crippen MR) is 78.4 cm³/mol. The second kappa shape index (κ2) is 4.33. The first-order valence-electron chi connectivity index (χ1n) is 6.13. The Morgan fingerprint density at radius 3 is 2.16 bits per heavy atom. The van der Waals surface area contributed by atoms with Crippen molar-refractivity contribution in [2.75, 3.05) is 5.01 Å². The fraction of sp³-hybridized carbons (Fsp3) is 0.0667. The van der Waals surface area contributed by atoms with Gasteiger partial charge < -0.3 is 16.5 Å². The molecule has 0 saturated carbocycles. The Hall–Kier alpha value is -2.46. The van der Waals surface area contributed by atoms with Gasteiger partial charge in [0.25, 0.3) is 0 Å². The van der Waals surface area contributed by atoms with E-state index in [9.17, 15) is 0 Å². The first-order chi connectivity index (χ1) is 9.18. The third-order valence-corrected chi connectivity index (χ3v) is 3.44. The minimum Gasteiger partial charge on any atom is -0.397 e. The van der Waals surface area contributed by atoms with Gasteiger partial charge >= 0.3 is 0 Å². The largest absolute Gasteiger partial charge is 0.397 e. The van der Waals surface area contributed by atoms with Gasteiger partial charge in [0.1, 0.15) is 0 Å². The lowest BCUT2D eigenvalue weighted by Gasteiger charge is -2.26. The minimum absolute atomic E-state index is 0.568. The number of rotatable bonds is 0. The molecule has 4 heteroatoms. The van der Waals surface area contributed by atoms with Crippen molar-refractivity contribution in [2.24, 2.45) is 17.3 Å². The summed E-state index contributed by atoms with van der Waals surface area (Å²) in [5, 5.41) is 1.70. The maximum Gasteiger partial charge on any atom is 0.0649 e. The second-order valence-corrected chi connectivity index (χ2v) is 4.63. The molecule has 0 spiro atoms. The molecule has 2 aromatic carbocycles. The van der Waals surface area contributed by atoms with E-state index in [0.29, 0.717) is 17.9 Å². The van der Waals surface area contributed by atoms with E-state index in [-0.39, 0.29) is 0 Å². The third kappa shape index (κ3) is 1.82. The number of anilines is 1. The molecule has 4 nitrogen and oxygen atoms in total. The molecule has 19 heavy (non-hydrogen) atoms. The highest BCUT2D eigenvalue weighted by Gasteiger charge is 2.18. The molecule has 1 aliphatic rings. The summed E-state index contributed by atoms with van der Waals surface area (Å²) >= 11 is 0. The summed E-state index contributed by atoms with van der Waals surface area (Å²) < 4.78 is 0. The Morgan fingerprint density at radius 2 is 1.37 bits per heavy atom. The SMILES string of the molecule is N/C1=C(\N)c2ccccc2N(N)Cc2ccccc21. The van der Waals surface area contributed by atoms with E-state index in [4.69, 9.17) is 17.3 Å². The van der Waals surface area contributed by atoms with Crippen molar-refractivity contribution in [2.45, 2.75) is 6.54 Å². The Balaban J connectivity index is 2.31. The molecule has 1 aliphatic heterocycles. The van der Waals surface area contributed by atoms with Crippen molar-refractivity contribution in [3.63, 3.8) is 0 Å². The highest BCUT2D eigenvalue weighted by Crippen LogP contribution is 2.31. The fourth-order valence-electron chi connectivity index (χ4n) is 2.43. The summed E-state index contributed by atoms with van der Waals surface area (Å²) in [7, 11) is 0. The fourth-order valence-corrected chi connectivity index (χ4v) is 2.43. The summed E-state index contributed by atoms with van der Waals surface area (Å²) in [4.78, 5) is 0. The summed E-state index contributed by atoms with van der Waals surface area (Å²) in [6, 6.07) is 15.7. The molecule has 0 aromatic heterocycles. The Bertz CT molecular complexity index is 661. The van der Waals surface area contributed by atoms with Gasteiger partial charge in [-0.15, -0.1) is 0 Å². The average Bonchev–Trinajstić information content (AvgIpc) is 2.45. The molecule has 0 unspecified atom stereocenters. The van der Waals surface area contributed by atoms with Crippen LogP contribution in [0.4, 0.5) is 5.69 Å². The molecule has 0 saturated heterocycles. The second-order valence-electron chi connectivity index (χ2n) is 4.63. The highest BCUT2D eigenvalue weighted by atomic mass is 15.4. The van der Waals surface area contributed by atoms with Crippen molar-refractivity contribution >= 4 is 17.1 Å². The molecule has 2 aromatic rings. The van der Waals surface area contributed by atoms with Crippen LogP contribution in [0.3, 0.4) is 0 Å². The predicted octanol–water partition coefficient (Wildman–Crippen LogP) is 1.62. The first-order valence-corrected chi connectivity index (χ1v) is 6.13. The first kappa shape index (κ1) is 11.6. The van der Waals surface area contributed by atoms with Gasteiger partial charge in [0.2, 0.25) is 0 Å². The van der Waals surface area contributed by atoms with Crippen LogP contribution in [0.5, 0.6) is 0 Å². The minimum atomic E-state index is 0.568. The molecule has 0 aliphatic carbocycles. The van der Waals surface area contributed by atoms with Crippen LogP contribution >= 0.6 is 0 Å². The standard InChI is InChI=1S/C15H16N4/c16-14-11-6-2-1-5-10(11)9-19(18)13-8-4-3-7-12(13)15(14)17/h1-8H,9,16-18H2/b15-14-. The molecule has 0 radical (unpaired) electrons. The van der Waals surface area contributed by atoms with E-state index >= 15 is 0 Å². The smallest absolute Gasteiger partial charge is 0.0649 e. The van der Waals surface area contributed by atoms with E-state index in [1.165, 1.54) is 0 Å². The quantitative estimate of drug-likeness (QED) is 0.622. The van der Waals surface area contributed by atoms with E-state index < -0.39 is 0 Å². The zero-order chi connectivity index (χ0) is 13.4. The molecular formula is C15H16N4. The number of hydrazine groups is 1. The lowest BCUT2D eigenvalue weighted by Crippen LogP contribution is -2.33. The summed E-state index contributed by atoms with van der Waals surface area (Å²) in [6.07, 6.45) is 0. The third-order valence-electron chi connectivity index (χ3n) is 3.44. The van der Waals surface area contributed by atoms with Crippen LogP contribution in [0.15, 0.2) is 48.5 Å². The molecule has 0 amide bonds. The molecule has 3 rings (SSSR count). The maximum absolute atomic E-state index is 6.21. The molecule has 1 heterocycles. The van der Waals surface area contributed by atoms with E-state index in [2.05, 4.69) is 0 Å². The van der Waals surface area contributed by atoms with Gasteiger partial charge in [-0.25, -0.2) is 5.84 Å². The molecule has 0 fully saturated rings. The number of benzene rings is 2.